The molecule has 0 saturated carbocycles. The van der Waals surface area contributed by atoms with Crippen LogP contribution in [-0.4, -0.2) is 31.5 Å². The highest BCUT2D eigenvalue weighted by atomic mass is 16.1. The molecule has 0 aromatic carbocycles. The number of H-pyrrole nitrogens is 2. The van der Waals surface area contributed by atoms with Crippen molar-refractivity contribution < 1.29 is 9.59 Å². The summed E-state index contributed by atoms with van der Waals surface area (Å²) >= 11 is 0. The Bertz CT molecular complexity index is 1340. The van der Waals surface area contributed by atoms with Gasteiger partial charge in [-0.3, -0.25) is 9.59 Å². The van der Waals surface area contributed by atoms with E-state index in [-0.39, 0.29) is 11.6 Å². The van der Waals surface area contributed by atoms with Gasteiger partial charge in [0.05, 0.1) is 44.9 Å². The molecule has 0 spiro atoms. The summed E-state index contributed by atoms with van der Waals surface area (Å²) in [6.45, 7) is 3.08. The molecule has 3 aromatic rings. The third-order valence-corrected chi connectivity index (χ3v) is 5.10. The quantitative estimate of drug-likeness (QED) is 0.409. The molecule has 8 bridgehead atoms. The van der Waals surface area contributed by atoms with Crippen LogP contribution in [-0.2, 0) is 0 Å². The van der Waals surface area contributed by atoms with E-state index in [2.05, 4.69) is 19.9 Å². The summed E-state index contributed by atoms with van der Waals surface area (Å²) in [7, 11) is 0. The first kappa shape index (κ1) is 18.0. The van der Waals surface area contributed by atoms with Crippen LogP contribution in [0.1, 0.15) is 57.3 Å². The molecule has 0 aliphatic carbocycles. The lowest BCUT2D eigenvalue weighted by Gasteiger charge is -1.97. The molecule has 0 atom stereocenters. The van der Waals surface area contributed by atoms with E-state index in [0.717, 1.165) is 22.4 Å². The predicted molar refractivity (Wildman–Crippen MR) is 119 cm³/mol. The van der Waals surface area contributed by atoms with Crippen LogP contribution in [0.15, 0.2) is 36.4 Å². The molecule has 3 aromatic heterocycles. The standard InChI is InChI=1S/C24H18N4O2/c1-13(29)23-19-7-3-15(25-19)11-17-5-9-21(27-17)24(14(2)30)22-10-6-18(28-22)12-16-4-8-20(23)26-16/h3-12,25,28H,1-2H3. The molecule has 2 aliphatic rings. The number of aromatic nitrogens is 4. The number of rotatable bonds is 2. The molecule has 2 N–H and O–H groups in total. The maximum atomic E-state index is 12.4. The second-order valence-corrected chi connectivity index (χ2v) is 7.32. The molecule has 5 rings (SSSR count). The number of hydrogen-bond donors (Lipinski definition) is 2. The van der Waals surface area contributed by atoms with E-state index in [1.165, 1.54) is 13.8 Å². The van der Waals surface area contributed by atoms with Crippen LogP contribution in [0.2, 0.25) is 0 Å². The molecule has 0 amide bonds. The Balaban J connectivity index is 1.94. The number of carbonyl (C=O) groups is 2. The minimum Gasteiger partial charge on any atom is -0.355 e. The number of hydrogen-bond acceptors (Lipinski definition) is 4. The van der Waals surface area contributed by atoms with Crippen molar-refractivity contribution >= 4 is 57.9 Å². The lowest BCUT2D eigenvalue weighted by molar-refractivity contribution is 0.101. The van der Waals surface area contributed by atoms with Crippen LogP contribution in [0.5, 0.6) is 0 Å². The highest BCUT2D eigenvalue weighted by molar-refractivity contribution is 6.05. The molecule has 0 fully saturated rings. The zero-order chi connectivity index (χ0) is 20.8. The first-order chi connectivity index (χ1) is 14.5. The fourth-order valence-corrected chi connectivity index (χ4v) is 3.81. The van der Waals surface area contributed by atoms with Crippen LogP contribution < -0.4 is 0 Å². The predicted octanol–water partition coefficient (Wildman–Crippen LogP) is 5.06. The van der Waals surface area contributed by atoms with Crippen molar-refractivity contribution in [1.29, 1.82) is 0 Å². The van der Waals surface area contributed by atoms with Gasteiger partial charge in [0.2, 0.25) is 0 Å². The van der Waals surface area contributed by atoms with Crippen molar-refractivity contribution in [1.82, 2.24) is 19.9 Å². The highest BCUT2D eigenvalue weighted by Crippen LogP contribution is 2.23. The first-order valence-electron chi connectivity index (χ1n) is 9.60. The van der Waals surface area contributed by atoms with Crippen molar-refractivity contribution in [3.63, 3.8) is 0 Å². The lowest BCUT2D eigenvalue weighted by Crippen LogP contribution is -1.97. The van der Waals surface area contributed by atoms with Crippen molar-refractivity contribution in [3.8, 4) is 0 Å². The summed E-state index contributed by atoms with van der Waals surface area (Å²) in [5.41, 5.74) is 6.79. The van der Waals surface area contributed by atoms with Gasteiger partial charge in [0.1, 0.15) is 0 Å². The van der Waals surface area contributed by atoms with E-state index in [4.69, 9.17) is 0 Å². The van der Waals surface area contributed by atoms with E-state index in [1.54, 1.807) is 0 Å². The second kappa shape index (κ2) is 6.77. The fourth-order valence-electron chi connectivity index (χ4n) is 3.81. The van der Waals surface area contributed by atoms with Gasteiger partial charge in [-0.05, 0) is 74.5 Å². The summed E-state index contributed by atoms with van der Waals surface area (Å²) in [5, 5.41) is 0. The van der Waals surface area contributed by atoms with Gasteiger partial charge in [-0.1, -0.05) is 0 Å². The summed E-state index contributed by atoms with van der Waals surface area (Å²) in [5.74, 6) is -0.128. The van der Waals surface area contributed by atoms with Gasteiger partial charge in [0.15, 0.2) is 11.6 Å². The topological polar surface area (TPSA) is 91.5 Å². The van der Waals surface area contributed by atoms with E-state index < -0.39 is 0 Å². The molecule has 146 valence electrons. The first-order valence-corrected chi connectivity index (χ1v) is 9.60. The Labute approximate surface area is 172 Å². The van der Waals surface area contributed by atoms with Crippen molar-refractivity contribution in [2.24, 2.45) is 0 Å². The Hall–Kier alpha value is -4.06. The number of carbonyl (C=O) groups excluding carboxylic acids is 2. The van der Waals surface area contributed by atoms with E-state index in [9.17, 15) is 9.59 Å². The number of nitrogens with one attached hydrogen (secondary N) is 2. The van der Waals surface area contributed by atoms with Crippen LogP contribution >= 0.6 is 0 Å². The fraction of sp³-hybridized carbons (Fsp3) is 0.0833. The maximum Gasteiger partial charge on any atom is 0.164 e. The Morgan fingerprint density at radius 3 is 1.50 bits per heavy atom. The lowest BCUT2D eigenvalue weighted by atomic mass is 10.1. The van der Waals surface area contributed by atoms with Crippen molar-refractivity contribution in [2.75, 3.05) is 0 Å². The van der Waals surface area contributed by atoms with Crippen LogP contribution in [0.4, 0.5) is 0 Å². The van der Waals surface area contributed by atoms with Gasteiger partial charge >= 0.3 is 0 Å². The molecule has 0 saturated heterocycles. The Morgan fingerprint density at radius 1 is 0.667 bits per heavy atom. The van der Waals surface area contributed by atoms with E-state index in [1.807, 2.05) is 60.7 Å². The van der Waals surface area contributed by atoms with Crippen molar-refractivity contribution in [2.45, 2.75) is 13.8 Å². The highest BCUT2D eigenvalue weighted by Gasteiger charge is 2.14. The zero-order valence-electron chi connectivity index (χ0n) is 16.5. The van der Waals surface area contributed by atoms with Crippen LogP contribution in [0.3, 0.4) is 0 Å². The Kier molecular flexibility index (Phi) is 4.06. The van der Waals surface area contributed by atoms with E-state index >= 15 is 0 Å². The van der Waals surface area contributed by atoms with Gasteiger partial charge in [-0.15, -0.1) is 0 Å². The molecule has 5 heterocycles. The molecular weight excluding hydrogens is 376 g/mol. The summed E-state index contributed by atoms with van der Waals surface area (Å²) in [4.78, 5) is 40.6. The minimum absolute atomic E-state index is 0.0641. The van der Waals surface area contributed by atoms with Gasteiger partial charge in [-0.25, -0.2) is 9.97 Å². The van der Waals surface area contributed by atoms with Gasteiger partial charge in [-0.2, -0.15) is 0 Å². The number of fused-ring (bicyclic) bond motifs is 8. The average molecular weight is 394 g/mol. The largest absolute Gasteiger partial charge is 0.355 e. The molecule has 30 heavy (non-hydrogen) atoms. The second-order valence-electron chi connectivity index (χ2n) is 7.32. The molecular formula is C24H18N4O2. The third-order valence-electron chi connectivity index (χ3n) is 5.10. The summed E-state index contributed by atoms with van der Waals surface area (Å²) in [6, 6.07) is 11.3. The number of aromatic amines is 2. The smallest absolute Gasteiger partial charge is 0.164 e. The molecule has 6 heteroatoms. The number of nitrogens with zero attached hydrogens (tertiary/aromatic N) is 2. The normalized spacial score (nSPS) is 12.3. The number of Topliss-reactive ketones (excluding diaryl/α,β-unsaturated/α-hetero) is 2. The Morgan fingerprint density at radius 2 is 1.10 bits per heavy atom. The minimum atomic E-state index is -0.0641. The SMILES string of the molecule is CC(=O)c1c2nc(cc3ccc([nH]3)c(C(C)=O)c3nc(cc4ccc1[nH]4)C=C3)C=C2. The summed E-state index contributed by atoms with van der Waals surface area (Å²) < 4.78 is 0. The van der Waals surface area contributed by atoms with Gasteiger partial charge in [0, 0.05) is 11.0 Å². The molecule has 2 aliphatic heterocycles. The van der Waals surface area contributed by atoms with Gasteiger partial charge < -0.3 is 9.97 Å². The molecule has 0 radical (unpaired) electrons. The zero-order valence-corrected chi connectivity index (χ0v) is 16.5. The van der Waals surface area contributed by atoms with Gasteiger partial charge in [0.25, 0.3) is 0 Å². The monoisotopic (exact) mass is 394 g/mol. The average Bonchev–Trinajstić information content (AvgIpc) is 3.46. The molecule has 6 nitrogen and oxygen atoms in total. The molecule has 0 unspecified atom stereocenters. The van der Waals surface area contributed by atoms with E-state index in [0.29, 0.717) is 33.5 Å². The number of ketones is 2. The third kappa shape index (κ3) is 3.08. The van der Waals surface area contributed by atoms with Crippen LogP contribution in [0, 0.1) is 0 Å². The van der Waals surface area contributed by atoms with Crippen molar-refractivity contribution in [3.05, 3.63) is 70.3 Å². The maximum absolute atomic E-state index is 12.4. The summed E-state index contributed by atoms with van der Waals surface area (Å²) in [6.07, 6.45) is 7.42. The van der Waals surface area contributed by atoms with Crippen LogP contribution in [0.25, 0.3) is 46.4 Å².